The largest absolute Gasteiger partial charge is 0.469 e. The van der Waals surface area contributed by atoms with Crippen LogP contribution in [-0.2, 0) is 0 Å². The molecule has 0 atom stereocenters. The third kappa shape index (κ3) is 3.32. The number of furan rings is 1. The van der Waals surface area contributed by atoms with Crippen LogP contribution in [0.4, 0.5) is 5.82 Å². The number of anilines is 1. The van der Waals surface area contributed by atoms with E-state index in [4.69, 9.17) is 4.42 Å². The molecule has 0 radical (unpaired) electrons. The molecule has 0 unspecified atom stereocenters. The molecule has 0 aromatic carbocycles. The quantitative estimate of drug-likeness (QED) is 0.909. The summed E-state index contributed by atoms with van der Waals surface area (Å²) in [6, 6.07) is 5.93. The van der Waals surface area contributed by atoms with Gasteiger partial charge in [0.25, 0.3) is 5.91 Å². The van der Waals surface area contributed by atoms with Gasteiger partial charge in [0, 0.05) is 29.8 Å². The summed E-state index contributed by atoms with van der Waals surface area (Å²) in [6.45, 7) is 3.59. The molecule has 5 nitrogen and oxygen atoms in total. The number of carbonyl (C=O) groups excluding carboxylic acids is 1. The Labute approximate surface area is 137 Å². The van der Waals surface area contributed by atoms with Crippen molar-refractivity contribution in [1.29, 1.82) is 0 Å². The zero-order valence-electron chi connectivity index (χ0n) is 12.4. The molecular formula is C16H18BrN3O2. The number of hydrogen-bond acceptors (Lipinski definition) is 4. The number of amides is 1. The fourth-order valence-corrected chi connectivity index (χ4v) is 2.93. The third-order valence-corrected chi connectivity index (χ3v) is 4.44. The fourth-order valence-electron chi connectivity index (χ4n) is 2.69. The molecule has 22 heavy (non-hydrogen) atoms. The van der Waals surface area contributed by atoms with Gasteiger partial charge in [-0.15, -0.1) is 0 Å². The van der Waals surface area contributed by atoms with Crippen molar-refractivity contribution < 1.29 is 9.21 Å². The van der Waals surface area contributed by atoms with E-state index in [1.165, 1.54) is 0 Å². The first kappa shape index (κ1) is 15.1. The fraction of sp³-hybridized carbons (Fsp3) is 0.375. The molecule has 116 valence electrons. The molecule has 3 rings (SSSR count). The van der Waals surface area contributed by atoms with Crippen molar-refractivity contribution in [3.63, 3.8) is 0 Å². The molecular weight excluding hydrogens is 346 g/mol. The van der Waals surface area contributed by atoms with E-state index in [9.17, 15) is 4.79 Å². The summed E-state index contributed by atoms with van der Waals surface area (Å²) in [4.78, 5) is 18.8. The topological polar surface area (TPSA) is 58.4 Å². The van der Waals surface area contributed by atoms with Crippen molar-refractivity contribution in [2.24, 2.45) is 0 Å². The first-order valence-corrected chi connectivity index (χ1v) is 8.14. The smallest absolute Gasteiger partial charge is 0.255 e. The predicted octanol–water partition coefficient (Wildman–Crippen LogP) is 3.14. The zero-order valence-corrected chi connectivity index (χ0v) is 14.0. The molecule has 2 aromatic heterocycles. The number of rotatable bonds is 3. The Bertz CT molecular complexity index is 646. The van der Waals surface area contributed by atoms with E-state index < -0.39 is 0 Å². The number of hydrogen-bond donors (Lipinski definition) is 1. The second-order valence-corrected chi connectivity index (χ2v) is 6.38. The molecule has 1 saturated heterocycles. The van der Waals surface area contributed by atoms with Gasteiger partial charge in [-0.1, -0.05) is 0 Å². The van der Waals surface area contributed by atoms with Gasteiger partial charge in [0.1, 0.15) is 11.6 Å². The van der Waals surface area contributed by atoms with E-state index in [-0.39, 0.29) is 11.9 Å². The summed E-state index contributed by atoms with van der Waals surface area (Å²) >= 11 is 3.39. The van der Waals surface area contributed by atoms with E-state index in [0.717, 1.165) is 36.2 Å². The van der Waals surface area contributed by atoms with Crippen LogP contribution in [0.2, 0.25) is 0 Å². The highest BCUT2D eigenvalue weighted by atomic mass is 79.9. The Morgan fingerprint density at radius 2 is 2.14 bits per heavy atom. The van der Waals surface area contributed by atoms with Gasteiger partial charge in [0.05, 0.1) is 11.8 Å². The number of carbonyl (C=O) groups is 1. The highest BCUT2D eigenvalue weighted by molar-refractivity contribution is 9.10. The summed E-state index contributed by atoms with van der Waals surface area (Å²) in [5.74, 6) is 1.60. The number of piperidine rings is 1. The molecule has 0 aliphatic carbocycles. The lowest BCUT2D eigenvalue weighted by molar-refractivity contribution is 0.0929. The molecule has 1 aliphatic heterocycles. The summed E-state index contributed by atoms with van der Waals surface area (Å²) in [7, 11) is 0. The van der Waals surface area contributed by atoms with Crippen molar-refractivity contribution in [2.45, 2.75) is 25.8 Å². The standard InChI is InChI=1S/C16H18BrN3O2/c1-11-14(6-9-22-11)16(21)19-13-4-7-20(8-5-13)15-3-2-12(17)10-18-15/h2-3,6,9-10,13H,4-5,7-8H2,1H3,(H,19,21). The maximum absolute atomic E-state index is 12.2. The van der Waals surface area contributed by atoms with Crippen LogP contribution in [0, 0.1) is 6.92 Å². The molecule has 1 fully saturated rings. The molecule has 0 bridgehead atoms. The summed E-state index contributed by atoms with van der Waals surface area (Å²) < 4.78 is 6.16. The summed E-state index contributed by atoms with van der Waals surface area (Å²) in [5.41, 5.74) is 0.622. The van der Waals surface area contributed by atoms with Crippen molar-refractivity contribution in [2.75, 3.05) is 18.0 Å². The monoisotopic (exact) mass is 363 g/mol. The Balaban J connectivity index is 1.55. The maximum Gasteiger partial charge on any atom is 0.255 e. The number of halogens is 1. The summed E-state index contributed by atoms with van der Waals surface area (Å²) in [6.07, 6.45) is 5.19. The van der Waals surface area contributed by atoms with Gasteiger partial charge in [-0.3, -0.25) is 4.79 Å². The number of nitrogens with zero attached hydrogens (tertiary/aromatic N) is 2. The van der Waals surface area contributed by atoms with Crippen LogP contribution in [0.1, 0.15) is 29.0 Å². The van der Waals surface area contributed by atoms with Gasteiger partial charge in [-0.2, -0.15) is 0 Å². The minimum atomic E-state index is -0.0496. The Morgan fingerprint density at radius 1 is 1.36 bits per heavy atom. The first-order valence-electron chi connectivity index (χ1n) is 7.35. The predicted molar refractivity (Wildman–Crippen MR) is 88.1 cm³/mol. The van der Waals surface area contributed by atoms with Gasteiger partial charge >= 0.3 is 0 Å². The molecule has 0 saturated carbocycles. The lowest BCUT2D eigenvalue weighted by Gasteiger charge is -2.33. The highest BCUT2D eigenvalue weighted by Crippen LogP contribution is 2.20. The van der Waals surface area contributed by atoms with Gasteiger partial charge < -0.3 is 14.6 Å². The minimum absolute atomic E-state index is 0.0496. The Hall–Kier alpha value is -1.82. The van der Waals surface area contributed by atoms with Gasteiger partial charge in [0.15, 0.2) is 0 Å². The number of aryl methyl sites for hydroxylation is 1. The minimum Gasteiger partial charge on any atom is -0.469 e. The summed E-state index contributed by atoms with van der Waals surface area (Å²) in [5, 5.41) is 3.09. The number of pyridine rings is 1. The van der Waals surface area contributed by atoms with E-state index in [0.29, 0.717) is 11.3 Å². The average molecular weight is 364 g/mol. The Morgan fingerprint density at radius 3 is 2.73 bits per heavy atom. The molecule has 1 amide bonds. The molecule has 3 heterocycles. The average Bonchev–Trinajstić information content (AvgIpc) is 2.95. The van der Waals surface area contributed by atoms with E-state index in [2.05, 4.69) is 31.1 Å². The molecule has 1 aliphatic rings. The lowest BCUT2D eigenvalue weighted by Crippen LogP contribution is -2.45. The van der Waals surface area contributed by atoms with Crippen LogP contribution >= 0.6 is 15.9 Å². The van der Waals surface area contributed by atoms with Gasteiger partial charge in [-0.05, 0) is 53.9 Å². The van der Waals surface area contributed by atoms with Crippen LogP contribution < -0.4 is 10.2 Å². The SMILES string of the molecule is Cc1occc1C(=O)NC1CCN(c2ccc(Br)cn2)CC1. The molecule has 2 aromatic rings. The highest BCUT2D eigenvalue weighted by Gasteiger charge is 2.22. The normalized spacial score (nSPS) is 15.8. The molecule has 1 N–H and O–H groups in total. The number of nitrogens with one attached hydrogen (secondary N) is 1. The van der Waals surface area contributed by atoms with Crippen LogP contribution in [0.3, 0.4) is 0 Å². The van der Waals surface area contributed by atoms with E-state index in [1.54, 1.807) is 19.3 Å². The first-order chi connectivity index (χ1) is 10.6. The Kier molecular flexibility index (Phi) is 4.47. The van der Waals surface area contributed by atoms with Crippen LogP contribution in [-0.4, -0.2) is 30.0 Å². The second-order valence-electron chi connectivity index (χ2n) is 5.46. The zero-order chi connectivity index (χ0) is 15.5. The van der Waals surface area contributed by atoms with Crippen LogP contribution in [0.5, 0.6) is 0 Å². The van der Waals surface area contributed by atoms with E-state index >= 15 is 0 Å². The van der Waals surface area contributed by atoms with Crippen LogP contribution in [0.15, 0.2) is 39.5 Å². The lowest BCUT2D eigenvalue weighted by atomic mass is 10.0. The van der Waals surface area contributed by atoms with E-state index in [1.807, 2.05) is 18.3 Å². The van der Waals surface area contributed by atoms with Crippen molar-refractivity contribution in [3.8, 4) is 0 Å². The van der Waals surface area contributed by atoms with Gasteiger partial charge in [0.2, 0.25) is 0 Å². The second kappa shape index (κ2) is 6.52. The van der Waals surface area contributed by atoms with Crippen LogP contribution in [0.25, 0.3) is 0 Å². The number of aromatic nitrogens is 1. The van der Waals surface area contributed by atoms with Crippen molar-refractivity contribution in [3.05, 3.63) is 46.5 Å². The van der Waals surface area contributed by atoms with Crippen molar-refractivity contribution >= 4 is 27.7 Å². The third-order valence-electron chi connectivity index (χ3n) is 3.97. The molecule has 0 spiro atoms. The van der Waals surface area contributed by atoms with Crippen molar-refractivity contribution in [1.82, 2.24) is 10.3 Å². The maximum atomic E-state index is 12.2. The van der Waals surface area contributed by atoms with Gasteiger partial charge in [-0.25, -0.2) is 4.98 Å². The molecule has 6 heteroatoms.